The van der Waals surface area contributed by atoms with Crippen molar-refractivity contribution < 1.29 is 5.11 Å². The first kappa shape index (κ1) is 15.4. The number of hydrogen-bond acceptors (Lipinski definition) is 2. The minimum absolute atomic E-state index is 0. The van der Waals surface area contributed by atoms with Crippen LogP contribution in [-0.4, -0.2) is 17.8 Å². The van der Waals surface area contributed by atoms with Crippen molar-refractivity contribution in [3.8, 4) is 0 Å². The summed E-state index contributed by atoms with van der Waals surface area (Å²) < 4.78 is 0. The quantitative estimate of drug-likeness (QED) is 0.678. The van der Waals surface area contributed by atoms with E-state index in [2.05, 4.69) is 13.8 Å². The summed E-state index contributed by atoms with van der Waals surface area (Å²) >= 11 is 0. The third kappa shape index (κ3) is 9.87. The largest absolute Gasteiger partial charge is 0.396 e. The van der Waals surface area contributed by atoms with Crippen LogP contribution in [0.5, 0.6) is 0 Å². The standard InChI is InChI=1S/C10H21NO.ClH/c1-8(2)6-10(11)5-4-9(3)7-12;/h4-5,8-10,12H,6-7,11H2,1-3H3;1H/b5-4+;. The van der Waals surface area contributed by atoms with Crippen molar-refractivity contribution in [1.82, 2.24) is 0 Å². The fourth-order valence-electron chi connectivity index (χ4n) is 1.02. The van der Waals surface area contributed by atoms with Crippen LogP contribution in [0.3, 0.4) is 0 Å². The van der Waals surface area contributed by atoms with Gasteiger partial charge in [-0.05, 0) is 18.3 Å². The van der Waals surface area contributed by atoms with Gasteiger partial charge in [-0.2, -0.15) is 0 Å². The number of rotatable bonds is 5. The summed E-state index contributed by atoms with van der Waals surface area (Å²) in [5, 5.41) is 8.74. The summed E-state index contributed by atoms with van der Waals surface area (Å²) in [6.45, 7) is 6.48. The van der Waals surface area contributed by atoms with Gasteiger partial charge in [0.2, 0.25) is 0 Å². The highest BCUT2D eigenvalue weighted by atomic mass is 35.5. The Kier molecular flexibility index (Phi) is 10.1. The Morgan fingerprint density at radius 2 is 1.77 bits per heavy atom. The van der Waals surface area contributed by atoms with E-state index < -0.39 is 0 Å². The molecule has 0 aliphatic rings. The fourth-order valence-corrected chi connectivity index (χ4v) is 1.02. The molecule has 3 N–H and O–H groups in total. The van der Waals surface area contributed by atoms with E-state index in [9.17, 15) is 0 Å². The second kappa shape index (κ2) is 8.54. The lowest BCUT2D eigenvalue weighted by molar-refractivity contribution is 0.261. The van der Waals surface area contributed by atoms with Gasteiger partial charge in [-0.25, -0.2) is 0 Å². The van der Waals surface area contributed by atoms with Gasteiger partial charge in [-0.3, -0.25) is 0 Å². The van der Waals surface area contributed by atoms with E-state index in [4.69, 9.17) is 10.8 Å². The summed E-state index contributed by atoms with van der Waals surface area (Å²) in [6.07, 6.45) is 4.97. The number of nitrogens with two attached hydrogens (primary N) is 1. The molecule has 0 bridgehead atoms. The van der Waals surface area contributed by atoms with Gasteiger partial charge in [0.15, 0.2) is 0 Å². The van der Waals surface area contributed by atoms with Crippen LogP contribution in [0, 0.1) is 11.8 Å². The van der Waals surface area contributed by atoms with Gasteiger partial charge in [-0.15, -0.1) is 12.4 Å². The van der Waals surface area contributed by atoms with Gasteiger partial charge in [0.1, 0.15) is 0 Å². The maximum atomic E-state index is 8.74. The molecule has 0 rings (SSSR count). The molecule has 2 nitrogen and oxygen atoms in total. The van der Waals surface area contributed by atoms with E-state index >= 15 is 0 Å². The van der Waals surface area contributed by atoms with E-state index in [1.165, 1.54) is 0 Å². The topological polar surface area (TPSA) is 46.2 Å². The van der Waals surface area contributed by atoms with Gasteiger partial charge >= 0.3 is 0 Å². The van der Waals surface area contributed by atoms with Gasteiger partial charge in [0, 0.05) is 12.6 Å². The minimum Gasteiger partial charge on any atom is -0.396 e. The fraction of sp³-hybridized carbons (Fsp3) is 0.800. The van der Waals surface area contributed by atoms with Crippen molar-refractivity contribution >= 4 is 12.4 Å². The highest BCUT2D eigenvalue weighted by Crippen LogP contribution is 2.05. The highest BCUT2D eigenvalue weighted by molar-refractivity contribution is 5.85. The van der Waals surface area contributed by atoms with Crippen LogP contribution < -0.4 is 5.73 Å². The first-order valence-electron chi connectivity index (χ1n) is 4.61. The predicted octanol–water partition coefficient (Wildman–Crippen LogP) is 1.97. The molecule has 0 fully saturated rings. The third-order valence-corrected chi connectivity index (χ3v) is 1.72. The lowest BCUT2D eigenvalue weighted by Gasteiger charge is -2.09. The molecular weight excluding hydrogens is 186 g/mol. The van der Waals surface area contributed by atoms with Crippen LogP contribution in [0.15, 0.2) is 12.2 Å². The zero-order chi connectivity index (χ0) is 9.56. The molecule has 0 saturated carbocycles. The lowest BCUT2D eigenvalue weighted by atomic mass is 10.0. The molecule has 0 aliphatic carbocycles. The van der Waals surface area contributed by atoms with Crippen LogP contribution >= 0.6 is 12.4 Å². The van der Waals surface area contributed by atoms with E-state index in [0.717, 1.165) is 6.42 Å². The Morgan fingerprint density at radius 3 is 2.15 bits per heavy atom. The van der Waals surface area contributed by atoms with Gasteiger partial charge in [-0.1, -0.05) is 32.9 Å². The van der Waals surface area contributed by atoms with Crippen LogP contribution in [0.4, 0.5) is 0 Å². The molecule has 2 unspecified atom stereocenters. The van der Waals surface area contributed by atoms with Crippen molar-refractivity contribution in [2.75, 3.05) is 6.61 Å². The average molecular weight is 208 g/mol. The molecular formula is C10H22ClNO. The van der Waals surface area contributed by atoms with Crippen molar-refractivity contribution in [1.29, 1.82) is 0 Å². The zero-order valence-electron chi connectivity index (χ0n) is 8.73. The number of halogens is 1. The Morgan fingerprint density at radius 1 is 1.23 bits per heavy atom. The lowest BCUT2D eigenvalue weighted by Crippen LogP contribution is -2.19. The molecule has 0 amide bonds. The summed E-state index contributed by atoms with van der Waals surface area (Å²) in [5.41, 5.74) is 5.81. The average Bonchev–Trinajstić information content (AvgIpc) is 1.99. The van der Waals surface area contributed by atoms with E-state index in [0.29, 0.717) is 5.92 Å². The van der Waals surface area contributed by atoms with Crippen LogP contribution in [0.2, 0.25) is 0 Å². The molecule has 0 spiro atoms. The van der Waals surface area contributed by atoms with Crippen LogP contribution in [0.25, 0.3) is 0 Å². The number of aliphatic hydroxyl groups excluding tert-OH is 1. The summed E-state index contributed by atoms with van der Waals surface area (Å²) in [5.74, 6) is 0.859. The predicted molar refractivity (Wildman–Crippen MR) is 60.1 cm³/mol. The second-order valence-electron chi connectivity index (χ2n) is 3.84. The Hall–Kier alpha value is -0.0500. The third-order valence-electron chi connectivity index (χ3n) is 1.72. The number of hydrogen-bond donors (Lipinski definition) is 2. The van der Waals surface area contributed by atoms with Gasteiger partial charge < -0.3 is 10.8 Å². The Labute approximate surface area is 87.6 Å². The normalized spacial score (nSPS) is 15.8. The van der Waals surface area contributed by atoms with Crippen molar-refractivity contribution in [3.05, 3.63) is 12.2 Å². The smallest absolute Gasteiger partial charge is 0.0491 e. The van der Waals surface area contributed by atoms with Crippen LogP contribution in [0.1, 0.15) is 27.2 Å². The minimum atomic E-state index is 0. The van der Waals surface area contributed by atoms with Gasteiger partial charge in [0.25, 0.3) is 0 Å². The zero-order valence-corrected chi connectivity index (χ0v) is 9.55. The Balaban J connectivity index is 0. The molecule has 13 heavy (non-hydrogen) atoms. The van der Waals surface area contributed by atoms with Gasteiger partial charge in [0.05, 0.1) is 0 Å². The molecule has 0 heterocycles. The molecule has 3 heteroatoms. The van der Waals surface area contributed by atoms with E-state index in [-0.39, 0.29) is 31.0 Å². The summed E-state index contributed by atoms with van der Waals surface area (Å²) in [7, 11) is 0. The second-order valence-corrected chi connectivity index (χ2v) is 3.84. The summed E-state index contributed by atoms with van der Waals surface area (Å²) in [4.78, 5) is 0. The molecule has 0 aliphatic heterocycles. The summed E-state index contributed by atoms with van der Waals surface area (Å²) in [6, 6.07) is 0.138. The molecule has 0 aromatic heterocycles. The molecule has 80 valence electrons. The van der Waals surface area contributed by atoms with Crippen LogP contribution in [-0.2, 0) is 0 Å². The molecule has 2 atom stereocenters. The number of aliphatic hydroxyl groups is 1. The SMILES string of the molecule is CC(C)CC(N)/C=C/C(C)CO.Cl. The first-order valence-corrected chi connectivity index (χ1v) is 4.61. The molecule has 0 aromatic rings. The first-order chi connectivity index (χ1) is 5.56. The maximum absolute atomic E-state index is 8.74. The monoisotopic (exact) mass is 207 g/mol. The molecule has 0 saturated heterocycles. The van der Waals surface area contributed by atoms with Crippen molar-refractivity contribution in [2.24, 2.45) is 17.6 Å². The van der Waals surface area contributed by atoms with E-state index in [1.54, 1.807) is 0 Å². The highest BCUT2D eigenvalue weighted by Gasteiger charge is 2.01. The van der Waals surface area contributed by atoms with Crippen molar-refractivity contribution in [3.63, 3.8) is 0 Å². The Bertz CT molecular complexity index is 137. The van der Waals surface area contributed by atoms with E-state index in [1.807, 2.05) is 19.1 Å². The molecule has 0 aromatic carbocycles. The molecule has 0 radical (unpaired) electrons. The maximum Gasteiger partial charge on any atom is 0.0491 e. The van der Waals surface area contributed by atoms with Crippen molar-refractivity contribution in [2.45, 2.75) is 33.2 Å².